The predicted octanol–water partition coefficient (Wildman–Crippen LogP) is 6.97. The Hall–Kier alpha value is 0.470. The molecule has 1 unspecified atom stereocenters. The van der Waals surface area contributed by atoms with Crippen LogP contribution in [0.3, 0.4) is 0 Å². The zero-order valence-electron chi connectivity index (χ0n) is 12.5. The summed E-state index contributed by atoms with van der Waals surface area (Å²) in [4.78, 5) is 0. The summed E-state index contributed by atoms with van der Waals surface area (Å²) in [5.74, 6) is 0.765. The van der Waals surface area contributed by atoms with Crippen LogP contribution in [0.5, 0.6) is 0 Å². The van der Waals surface area contributed by atoms with Gasteiger partial charge in [0.2, 0.25) is 0 Å². The van der Waals surface area contributed by atoms with Gasteiger partial charge in [0, 0.05) is 21.1 Å². The summed E-state index contributed by atoms with van der Waals surface area (Å²) >= 11 is 13.9. The van der Waals surface area contributed by atoms with Crippen molar-refractivity contribution in [2.75, 3.05) is 10.7 Å². The number of unbranched alkanes of at least 4 members (excludes halogenated alkanes) is 1. The highest BCUT2D eigenvalue weighted by Crippen LogP contribution is 2.40. The molecule has 114 valence electrons. The minimum atomic E-state index is 0.0900. The van der Waals surface area contributed by atoms with Gasteiger partial charge in [-0.25, -0.2) is 0 Å². The van der Waals surface area contributed by atoms with E-state index in [-0.39, 0.29) is 5.41 Å². The van der Waals surface area contributed by atoms with Crippen molar-refractivity contribution in [1.82, 2.24) is 0 Å². The summed E-state index contributed by atoms with van der Waals surface area (Å²) < 4.78 is 0. The minimum Gasteiger partial charge on any atom is -0.0918 e. The zero-order valence-corrected chi connectivity index (χ0v) is 16.4. The van der Waals surface area contributed by atoms with E-state index in [9.17, 15) is 0 Å². The molecular formula is C17H25Br2Cl. The fourth-order valence-electron chi connectivity index (χ4n) is 2.79. The fourth-order valence-corrected chi connectivity index (χ4v) is 5.11. The van der Waals surface area contributed by atoms with Crippen molar-refractivity contribution in [3.8, 4) is 0 Å². The van der Waals surface area contributed by atoms with Crippen LogP contribution in [0.25, 0.3) is 0 Å². The van der Waals surface area contributed by atoms with Gasteiger partial charge in [-0.1, -0.05) is 101 Å². The molecule has 0 spiro atoms. The maximum atomic E-state index is 6.46. The van der Waals surface area contributed by atoms with E-state index in [1.54, 1.807) is 0 Å². The van der Waals surface area contributed by atoms with Gasteiger partial charge in [-0.2, -0.15) is 0 Å². The molecule has 0 N–H and O–H groups in total. The van der Waals surface area contributed by atoms with Crippen molar-refractivity contribution in [3.63, 3.8) is 0 Å². The first kappa shape index (κ1) is 18.5. The standard InChI is InChI=1S/C17H25Br2Cl/c1-3-5-8-14(4-2)11-17(12-18,13-19)15-9-6-7-10-16(15)20/h6-7,9-10,14H,3-5,8,11-13H2,1-2H3. The summed E-state index contributed by atoms with van der Waals surface area (Å²) in [5, 5.41) is 2.77. The molecule has 0 nitrogen and oxygen atoms in total. The Morgan fingerprint density at radius 3 is 2.30 bits per heavy atom. The van der Waals surface area contributed by atoms with Gasteiger partial charge >= 0.3 is 0 Å². The molecule has 1 aromatic carbocycles. The normalized spacial score (nSPS) is 13.4. The van der Waals surface area contributed by atoms with Crippen LogP contribution in [0.2, 0.25) is 5.02 Å². The van der Waals surface area contributed by atoms with E-state index in [1.165, 1.54) is 37.7 Å². The van der Waals surface area contributed by atoms with Crippen LogP contribution in [0.15, 0.2) is 24.3 Å². The highest BCUT2D eigenvalue weighted by atomic mass is 79.9. The van der Waals surface area contributed by atoms with Crippen molar-refractivity contribution in [2.45, 2.75) is 51.4 Å². The number of alkyl halides is 2. The van der Waals surface area contributed by atoms with Crippen molar-refractivity contribution >= 4 is 43.5 Å². The topological polar surface area (TPSA) is 0 Å². The van der Waals surface area contributed by atoms with Gasteiger partial charge in [-0.05, 0) is 24.0 Å². The summed E-state index contributed by atoms with van der Waals surface area (Å²) in [6.45, 7) is 4.57. The Morgan fingerprint density at radius 1 is 1.15 bits per heavy atom. The molecule has 0 aliphatic rings. The molecule has 0 aliphatic heterocycles. The zero-order chi connectivity index (χ0) is 15.0. The third-order valence-corrected chi connectivity index (χ3v) is 6.66. The van der Waals surface area contributed by atoms with Crippen LogP contribution in [-0.4, -0.2) is 10.7 Å². The van der Waals surface area contributed by atoms with Gasteiger partial charge in [-0.15, -0.1) is 0 Å². The van der Waals surface area contributed by atoms with Crippen LogP contribution < -0.4 is 0 Å². The van der Waals surface area contributed by atoms with Crippen molar-refractivity contribution in [1.29, 1.82) is 0 Å². The number of halogens is 3. The van der Waals surface area contributed by atoms with E-state index in [4.69, 9.17) is 11.6 Å². The average Bonchev–Trinajstić information content (AvgIpc) is 2.49. The van der Waals surface area contributed by atoms with Crippen LogP contribution in [0, 0.1) is 5.92 Å². The maximum absolute atomic E-state index is 6.46. The Kier molecular flexibility index (Phi) is 8.78. The Bertz CT molecular complexity index is 388. The number of rotatable bonds is 9. The molecule has 20 heavy (non-hydrogen) atoms. The molecule has 1 atom stereocenters. The lowest BCUT2D eigenvalue weighted by atomic mass is 9.75. The quantitative estimate of drug-likeness (QED) is 0.375. The number of hydrogen-bond acceptors (Lipinski definition) is 0. The van der Waals surface area contributed by atoms with E-state index in [0.717, 1.165) is 21.6 Å². The molecule has 0 heterocycles. The first-order chi connectivity index (χ1) is 9.63. The van der Waals surface area contributed by atoms with E-state index in [1.807, 2.05) is 12.1 Å². The smallest absolute Gasteiger partial charge is 0.0444 e. The second-order valence-electron chi connectivity index (χ2n) is 5.65. The van der Waals surface area contributed by atoms with E-state index in [0.29, 0.717) is 0 Å². The van der Waals surface area contributed by atoms with Gasteiger partial charge in [-0.3, -0.25) is 0 Å². The van der Waals surface area contributed by atoms with Gasteiger partial charge < -0.3 is 0 Å². The third kappa shape index (κ3) is 4.74. The Balaban J connectivity index is 2.99. The molecule has 1 rings (SSSR count). The molecule has 0 saturated heterocycles. The van der Waals surface area contributed by atoms with Gasteiger partial charge in [0.15, 0.2) is 0 Å². The highest BCUT2D eigenvalue weighted by Gasteiger charge is 2.34. The van der Waals surface area contributed by atoms with E-state index in [2.05, 4.69) is 57.8 Å². The SMILES string of the molecule is CCCCC(CC)CC(CBr)(CBr)c1ccccc1Cl. The third-order valence-electron chi connectivity index (χ3n) is 4.18. The fraction of sp³-hybridized carbons (Fsp3) is 0.647. The molecule has 0 aliphatic carbocycles. The minimum absolute atomic E-state index is 0.0900. The first-order valence-electron chi connectivity index (χ1n) is 7.50. The monoisotopic (exact) mass is 422 g/mol. The number of benzene rings is 1. The summed E-state index contributed by atoms with van der Waals surface area (Å²) in [5.41, 5.74) is 1.36. The van der Waals surface area contributed by atoms with Crippen LogP contribution in [0.4, 0.5) is 0 Å². The van der Waals surface area contributed by atoms with Gasteiger partial charge in [0.1, 0.15) is 0 Å². The van der Waals surface area contributed by atoms with Gasteiger partial charge in [0.25, 0.3) is 0 Å². The summed E-state index contributed by atoms with van der Waals surface area (Å²) in [7, 11) is 0. The second kappa shape index (κ2) is 9.48. The Morgan fingerprint density at radius 2 is 1.80 bits per heavy atom. The highest BCUT2D eigenvalue weighted by molar-refractivity contribution is 9.09. The molecule has 0 bridgehead atoms. The van der Waals surface area contributed by atoms with Crippen LogP contribution in [-0.2, 0) is 5.41 Å². The second-order valence-corrected chi connectivity index (χ2v) is 7.18. The largest absolute Gasteiger partial charge is 0.0918 e. The van der Waals surface area contributed by atoms with Crippen molar-refractivity contribution < 1.29 is 0 Å². The van der Waals surface area contributed by atoms with Crippen molar-refractivity contribution in [2.24, 2.45) is 5.92 Å². The summed E-state index contributed by atoms with van der Waals surface area (Å²) in [6.07, 6.45) is 6.34. The van der Waals surface area contributed by atoms with Gasteiger partial charge in [0.05, 0.1) is 0 Å². The Labute approximate surface area is 145 Å². The molecule has 3 heteroatoms. The average molecular weight is 425 g/mol. The molecule has 0 radical (unpaired) electrons. The summed E-state index contributed by atoms with van der Waals surface area (Å²) in [6, 6.07) is 8.28. The van der Waals surface area contributed by atoms with Crippen LogP contribution >= 0.6 is 43.5 Å². The molecular weight excluding hydrogens is 399 g/mol. The van der Waals surface area contributed by atoms with E-state index < -0.39 is 0 Å². The predicted molar refractivity (Wildman–Crippen MR) is 98.6 cm³/mol. The van der Waals surface area contributed by atoms with E-state index >= 15 is 0 Å². The number of hydrogen-bond donors (Lipinski definition) is 0. The lowest BCUT2D eigenvalue weighted by molar-refractivity contribution is 0.338. The van der Waals surface area contributed by atoms with Crippen molar-refractivity contribution in [3.05, 3.63) is 34.9 Å². The molecule has 0 aromatic heterocycles. The molecule has 1 aromatic rings. The molecule has 0 fully saturated rings. The molecule has 0 amide bonds. The lowest BCUT2D eigenvalue weighted by Crippen LogP contribution is -2.33. The maximum Gasteiger partial charge on any atom is 0.0444 e. The molecule has 0 saturated carbocycles. The van der Waals surface area contributed by atoms with Crippen LogP contribution in [0.1, 0.15) is 51.5 Å². The first-order valence-corrected chi connectivity index (χ1v) is 10.1. The lowest BCUT2D eigenvalue weighted by Gasteiger charge is -2.35.